The molecule has 5 heteroatoms. The third-order valence-corrected chi connectivity index (χ3v) is 6.93. The third-order valence-electron chi connectivity index (χ3n) is 4.07. The summed E-state index contributed by atoms with van der Waals surface area (Å²) >= 11 is 9.63. The summed E-state index contributed by atoms with van der Waals surface area (Å²) in [7, 11) is -3.58. The first-order chi connectivity index (χ1) is 11.8. The highest BCUT2D eigenvalue weighted by molar-refractivity contribution is 9.10. The number of aryl methyl sites for hydroxylation is 1. The molecule has 136 valence electrons. The highest BCUT2D eigenvalue weighted by atomic mass is 79.9. The van der Waals surface area contributed by atoms with Crippen molar-refractivity contribution in [2.45, 2.75) is 56.2 Å². The first-order valence-corrected chi connectivity index (χ1v) is 11.2. The number of halogens is 2. The van der Waals surface area contributed by atoms with Crippen LogP contribution in [0.4, 0.5) is 0 Å². The van der Waals surface area contributed by atoms with Crippen molar-refractivity contribution in [2.75, 3.05) is 0 Å². The minimum Gasteiger partial charge on any atom is -0.219 e. The van der Waals surface area contributed by atoms with Crippen LogP contribution in [0.25, 0.3) is 0 Å². The Bertz CT molecular complexity index is 845. The Morgan fingerprint density at radius 1 is 1.08 bits per heavy atom. The van der Waals surface area contributed by atoms with Crippen molar-refractivity contribution in [1.82, 2.24) is 0 Å². The van der Waals surface area contributed by atoms with Crippen molar-refractivity contribution < 1.29 is 8.42 Å². The normalized spacial score (nSPS) is 11.9. The first kappa shape index (κ1) is 20.5. The summed E-state index contributed by atoms with van der Waals surface area (Å²) in [6.07, 6.45) is 3.63. The molecule has 0 aliphatic heterocycles. The van der Waals surface area contributed by atoms with Gasteiger partial charge in [-0.05, 0) is 72.7 Å². The number of unbranched alkanes of at least 4 members (excludes halogenated alkanes) is 1. The van der Waals surface area contributed by atoms with Crippen molar-refractivity contribution >= 4 is 37.4 Å². The molecule has 0 atom stereocenters. The van der Waals surface area contributed by atoms with Crippen molar-refractivity contribution in [1.29, 1.82) is 0 Å². The van der Waals surface area contributed by atoms with Crippen molar-refractivity contribution in [3.8, 4) is 0 Å². The largest absolute Gasteiger partial charge is 0.219 e. The molecule has 0 saturated carbocycles. The molecule has 0 aromatic heterocycles. The third kappa shape index (κ3) is 5.08. The van der Waals surface area contributed by atoms with E-state index in [0.29, 0.717) is 27.2 Å². The maximum absolute atomic E-state index is 13.2. The second-order valence-corrected chi connectivity index (χ2v) is 9.92. The Hall–Kier alpha value is -0.840. The van der Waals surface area contributed by atoms with Gasteiger partial charge in [0.2, 0.25) is 9.84 Å². The molecule has 0 N–H and O–H groups in total. The molecule has 0 fully saturated rings. The van der Waals surface area contributed by atoms with Crippen LogP contribution in [0.1, 0.15) is 44.7 Å². The van der Waals surface area contributed by atoms with E-state index in [-0.39, 0.29) is 0 Å². The lowest BCUT2D eigenvalue weighted by atomic mass is 10.0. The molecule has 2 rings (SSSR count). The van der Waals surface area contributed by atoms with Gasteiger partial charge in [-0.1, -0.05) is 54.7 Å². The molecular formula is C20H24BrClO2S. The number of hydrogen-bond acceptors (Lipinski definition) is 2. The van der Waals surface area contributed by atoms with Crippen LogP contribution in [0.3, 0.4) is 0 Å². The molecule has 0 saturated heterocycles. The average Bonchev–Trinajstić information content (AvgIpc) is 2.53. The van der Waals surface area contributed by atoms with Gasteiger partial charge in [-0.25, -0.2) is 8.42 Å². The van der Waals surface area contributed by atoms with E-state index in [0.717, 1.165) is 34.9 Å². The summed E-state index contributed by atoms with van der Waals surface area (Å²) in [4.78, 5) is 0.698. The topological polar surface area (TPSA) is 34.1 Å². The molecule has 2 aromatic carbocycles. The van der Waals surface area contributed by atoms with Gasteiger partial charge in [-0.15, -0.1) is 0 Å². The monoisotopic (exact) mass is 442 g/mol. The number of benzene rings is 2. The van der Waals surface area contributed by atoms with E-state index in [9.17, 15) is 8.42 Å². The zero-order chi connectivity index (χ0) is 18.6. The maximum Gasteiger partial charge on any atom is 0.206 e. The quantitative estimate of drug-likeness (QED) is 0.491. The molecular weight excluding hydrogens is 420 g/mol. The lowest BCUT2D eigenvalue weighted by Gasteiger charge is -2.14. The standard InChI is InChI=1S/C20H24BrClO2S/c1-4-5-6-15-13-18(8-9-19(15)21)25(23,24)20-10-7-17(22)12-16(20)11-14(2)3/h7-10,12-14H,4-6,11H2,1-3H3. The van der Waals surface area contributed by atoms with Crippen molar-refractivity contribution in [3.63, 3.8) is 0 Å². The van der Waals surface area contributed by atoms with E-state index in [1.165, 1.54) is 0 Å². The van der Waals surface area contributed by atoms with Crippen LogP contribution in [0.15, 0.2) is 50.7 Å². The van der Waals surface area contributed by atoms with Crippen molar-refractivity contribution in [3.05, 3.63) is 57.0 Å². The van der Waals surface area contributed by atoms with Crippen LogP contribution in [0.5, 0.6) is 0 Å². The lowest BCUT2D eigenvalue weighted by Crippen LogP contribution is -2.08. The zero-order valence-corrected chi connectivity index (χ0v) is 18.0. The van der Waals surface area contributed by atoms with Gasteiger partial charge in [-0.2, -0.15) is 0 Å². The van der Waals surface area contributed by atoms with Crippen LogP contribution < -0.4 is 0 Å². The molecule has 0 heterocycles. The Kier molecular flexibility index (Phi) is 7.12. The molecule has 0 aliphatic carbocycles. The average molecular weight is 444 g/mol. The minimum absolute atomic E-state index is 0.342. The van der Waals surface area contributed by atoms with Gasteiger partial charge in [0.1, 0.15) is 0 Å². The van der Waals surface area contributed by atoms with Crippen molar-refractivity contribution in [2.24, 2.45) is 5.92 Å². The number of sulfone groups is 1. The van der Waals surface area contributed by atoms with E-state index in [1.54, 1.807) is 30.3 Å². The molecule has 0 unspecified atom stereocenters. The summed E-state index contributed by atoms with van der Waals surface area (Å²) in [5.74, 6) is 0.345. The van der Waals surface area contributed by atoms with Gasteiger partial charge in [0.25, 0.3) is 0 Å². The second kappa shape index (κ2) is 8.70. The van der Waals surface area contributed by atoms with Crippen LogP contribution in [-0.4, -0.2) is 8.42 Å². The van der Waals surface area contributed by atoms with E-state index in [4.69, 9.17) is 11.6 Å². The summed E-state index contributed by atoms with van der Waals surface area (Å²) in [6.45, 7) is 6.26. The van der Waals surface area contributed by atoms with Crippen LogP contribution in [-0.2, 0) is 22.7 Å². The Labute approximate surface area is 164 Å². The molecule has 25 heavy (non-hydrogen) atoms. The fraction of sp³-hybridized carbons (Fsp3) is 0.400. The van der Waals surface area contributed by atoms with E-state index < -0.39 is 9.84 Å². The lowest BCUT2D eigenvalue weighted by molar-refractivity contribution is 0.590. The summed E-state index contributed by atoms with van der Waals surface area (Å²) in [5, 5.41) is 0.564. The molecule has 0 aliphatic rings. The van der Waals surface area contributed by atoms with Gasteiger partial charge in [0, 0.05) is 9.50 Å². The van der Waals surface area contributed by atoms with Crippen LogP contribution in [0, 0.1) is 5.92 Å². The van der Waals surface area contributed by atoms with Gasteiger partial charge < -0.3 is 0 Å². The van der Waals surface area contributed by atoms with Gasteiger partial charge in [-0.3, -0.25) is 0 Å². The number of hydrogen-bond donors (Lipinski definition) is 0. The molecule has 2 nitrogen and oxygen atoms in total. The number of rotatable bonds is 7. The SMILES string of the molecule is CCCCc1cc(S(=O)(=O)c2ccc(Cl)cc2CC(C)C)ccc1Br. The first-order valence-electron chi connectivity index (χ1n) is 8.57. The summed E-state index contributed by atoms with van der Waals surface area (Å²) in [6, 6.07) is 10.3. The minimum atomic E-state index is -3.58. The van der Waals surface area contributed by atoms with Crippen LogP contribution in [0.2, 0.25) is 5.02 Å². The van der Waals surface area contributed by atoms with E-state index in [2.05, 4.69) is 36.7 Å². The fourth-order valence-electron chi connectivity index (χ4n) is 2.81. The van der Waals surface area contributed by atoms with Gasteiger partial charge >= 0.3 is 0 Å². The van der Waals surface area contributed by atoms with Gasteiger partial charge in [0.15, 0.2) is 0 Å². The molecule has 0 amide bonds. The molecule has 0 bridgehead atoms. The fourth-order valence-corrected chi connectivity index (χ4v) is 4.99. The molecule has 0 spiro atoms. The van der Waals surface area contributed by atoms with E-state index in [1.807, 2.05) is 6.07 Å². The summed E-state index contributed by atoms with van der Waals surface area (Å²) in [5.41, 5.74) is 1.81. The maximum atomic E-state index is 13.2. The highest BCUT2D eigenvalue weighted by Crippen LogP contribution is 2.31. The Morgan fingerprint density at radius 2 is 1.80 bits per heavy atom. The predicted molar refractivity (Wildman–Crippen MR) is 108 cm³/mol. The Balaban J connectivity index is 2.52. The van der Waals surface area contributed by atoms with E-state index >= 15 is 0 Å². The summed E-state index contributed by atoms with van der Waals surface area (Å²) < 4.78 is 27.4. The van der Waals surface area contributed by atoms with Crippen LogP contribution >= 0.6 is 27.5 Å². The Morgan fingerprint density at radius 3 is 2.44 bits per heavy atom. The molecule has 2 aromatic rings. The zero-order valence-electron chi connectivity index (χ0n) is 14.9. The highest BCUT2D eigenvalue weighted by Gasteiger charge is 2.22. The predicted octanol–water partition coefficient (Wildman–Crippen LogP) is 6.48. The molecule has 0 radical (unpaired) electrons. The smallest absolute Gasteiger partial charge is 0.206 e. The second-order valence-electron chi connectivity index (χ2n) is 6.71. The van der Waals surface area contributed by atoms with Gasteiger partial charge in [0.05, 0.1) is 9.79 Å².